The summed E-state index contributed by atoms with van der Waals surface area (Å²) in [5.41, 5.74) is 3.27. The van der Waals surface area contributed by atoms with E-state index in [1.807, 2.05) is 6.20 Å². The first kappa shape index (κ1) is 16.0. The number of aromatic nitrogens is 3. The van der Waals surface area contributed by atoms with Crippen LogP contribution in [-0.2, 0) is 0 Å². The molecule has 0 fully saturated rings. The molecule has 1 N–H and O–H groups in total. The van der Waals surface area contributed by atoms with Crippen LogP contribution in [0, 0.1) is 6.42 Å². The first-order valence-corrected chi connectivity index (χ1v) is 7.77. The second-order valence-electron chi connectivity index (χ2n) is 5.30. The van der Waals surface area contributed by atoms with Crippen molar-refractivity contribution in [2.75, 3.05) is 5.43 Å². The summed E-state index contributed by atoms with van der Waals surface area (Å²) in [6.45, 7) is 4.45. The Morgan fingerprint density at radius 2 is 1.95 bits per heavy atom. The average Bonchev–Trinajstić information content (AvgIpc) is 2.89. The van der Waals surface area contributed by atoms with Crippen molar-refractivity contribution in [3.8, 4) is 0 Å². The Kier molecular flexibility index (Phi) is 9.11. The summed E-state index contributed by atoms with van der Waals surface area (Å²) in [7, 11) is 0. The topological polar surface area (TPSA) is 42.7 Å². The highest BCUT2D eigenvalue weighted by Crippen LogP contribution is 2.10. The van der Waals surface area contributed by atoms with E-state index >= 15 is 0 Å². The summed E-state index contributed by atoms with van der Waals surface area (Å²) < 4.78 is 0. The number of unbranched alkanes of at least 4 members (excludes halogenated alkanes) is 8. The van der Waals surface area contributed by atoms with Gasteiger partial charge in [-0.15, -0.1) is 5.10 Å². The van der Waals surface area contributed by atoms with Gasteiger partial charge in [0.2, 0.25) is 0 Å². The zero-order valence-corrected chi connectivity index (χ0v) is 12.5. The SMILES string of the molecule is CCCCCCCC[CH]CCC(C)Nn1ccnn1. The quantitative estimate of drug-likeness (QED) is 0.582. The Hall–Kier alpha value is -1.06. The van der Waals surface area contributed by atoms with Crippen LogP contribution >= 0.6 is 0 Å². The lowest BCUT2D eigenvalue weighted by molar-refractivity contribution is 0.565. The molecule has 1 aromatic rings. The molecular weight excluding hydrogens is 236 g/mol. The zero-order valence-electron chi connectivity index (χ0n) is 12.5. The van der Waals surface area contributed by atoms with Crippen LogP contribution in [0.4, 0.5) is 0 Å². The minimum atomic E-state index is 0.433. The molecule has 19 heavy (non-hydrogen) atoms. The first-order chi connectivity index (χ1) is 9.33. The lowest BCUT2D eigenvalue weighted by atomic mass is 10.1. The van der Waals surface area contributed by atoms with Gasteiger partial charge in [0, 0.05) is 6.04 Å². The first-order valence-electron chi connectivity index (χ1n) is 7.77. The molecule has 1 rings (SSSR count). The van der Waals surface area contributed by atoms with Crippen molar-refractivity contribution in [3.63, 3.8) is 0 Å². The highest BCUT2D eigenvalue weighted by Gasteiger charge is 2.01. The third-order valence-corrected chi connectivity index (χ3v) is 3.34. The number of hydrogen-bond acceptors (Lipinski definition) is 3. The smallest absolute Gasteiger partial charge is 0.0715 e. The van der Waals surface area contributed by atoms with E-state index in [1.54, 1.807) is 11.0 Å². The molecule has 0 spiro atoms. The third kappa shape index (κ3) is 8.62. The highest BCUT2D eigenvalue weighted by atomic mass is 15.6. The molecule has 0 amide bonds. The van der Waals surface area contributed by atoms with Gasteiger partial charge < -0.3 is 5.43 Å². The fourth-order valence-corrected chi connectivity index (χ4v) is 2.15. The zero-order chi connectivity index (χ0) is 13.8. The molecule has 4 nitrogen and oxygen atoms in total. The summed E-state index contributed by atoms with van der Waals surface area (Å²) in [4.78, 5) is 1.68. The van der Waals surface area contributed by atoms with E-state index in [-0.39, 0.29) is 0 Å². The fourth-order valence-electron chi connectivity index (χ4n) is 2.15. The van der Waals surface area contributed by atoms with Crippen LogP contribution < -0.4 is 5.43 Å². The van der Waals surface area contributed by atoms with Crippen molar-refractivity contribution in [2.45, 2.75) is 77.7 Å². The summed E-state index contributed by atoms with van der Waals surface area (Å²) in [5.74, 6) is 0. The van der Waals surface area contributed by atoms with Gasteiger partial charge >= 0.3 is 0 Å². The van der Waals surface area contributed by atoms with Gasteiger partial charge in [-0.05, 0) is 31.4 Å². The van der Waals surface area contributed by atoms with Crippen molar-refractivity contribution in [3.05, 3.63) is 18.8 Å². The van der Waals surface area contributed by atoms with Gasteiger partial charge in [0.25, 0.3) is 0 Å². The van der Waals surface area contributed by atoms with Gasteiger partial charge in [0.05, 0.1) is 12.4 Å². The van der Waals surface area contributed by atoms with Gasteiger partial charge in [-0.1, -0.05) is 51.9 Å². The molecule has 0 bridgehead atoms. The molecule has 0 aromatic carbocycles. The molecule has 0 aliphatic heterocycles. The van der Waals surface area contributed by atoms with E-state index in [0.717, 1.165) is 6.42 Å². The van der Waals surface area contributed by atoms with Gasteiger partial charge in [-0.3, -0.25) is 0 Å². The molecule has 1 atom stereocenters. The molecule has 0 aliphatic rings. The molecule has 4 heteroatoms. The van der Waals surface area contributed by atoms with Crippen molar-refractivity contribution in [1.29, 1.82) is 0 Å². The van der Waals surface area contributed by atoms with E-state index in [9.17, 15) is 0 Å². The number of rotatable bonds is 12. The van der Waals surface area contributed by atoms with E-state index in [4.69, 9.17) is 0 Å². The van der Waals surface area contributed by atoms with Crippen LogP contribution in [0.25, 0.3) is 0 Å². The molecule has 1 radical (unpaired) electrons. The Balaban J connectivity index is 1.85. The molecule has 0 saturated heterocycles. The Morgan fingerprint density at radius 1 is 1.16 bits per heavy atom. The lowest BCUT2D eigenvalue weighted by Crippen LogP contribution is -2.25. The maximum Gasteiger partial charge on any atom is 0.0715 e. The standard InChI is InChI=1S/C15H29N4/c1-3-4-5-6-7-8-9-10-11-12-15(2)17-19-14-13-16-18-19/h10,13-15,17H,3-9,11-12H2,1-2H3. The molecule has 109 valence electrons. The third-order valence-electron chi connectivity index (χ3n) is 3.34. The molecular formula is C15H29N4. The summed E-state index contributed by atoms with van der Waals surface area (Å²) >= 11 is 0. The normalized spacial score (nSPS) is 12.5. The second-order valence-corrected chi connectivity index (χ2v) is 5.30. The second kappa shape index (κ2) is 10.8. The molecule has 0 saturated carbocycles. The minimum Gasteiger partial charge on any atom is -0.306 e. The van der Waals surface area contributed by atoms with Crippen LogP contribution in [0.3, 0.4) is 0 Å². The molecule has 0 aliphatic carbocycles. The van der Waals surface area contributed by atoms with Crippen molar-refractivity contribution < 1.29 is 0 Å². The molecule has 1 unspecified atom stereocenters. The molecule has 1 heterocycles. The van der Waals surface area contributed by atoms with E-state index in [0.29, 0.717) is 6.04 Å². The Morgan fingerprint density at radius 3 is 2.68 bits per heavy atom. The van der Waals surface area contributed by atoms with Gasteiger partial charge in [-0.25, -0.2) is 0 Å². The maximum absolute atomic E-state index is 3.89. The maximum atomic E-state index is 3.89. The predicted octanol–water partition coefficient (Wildman–Crippen LogP) is 3.95. The Bertz CT molecular complexity index is 284. The lowest BCUT2D eigenvalue weighted by Gasteiger charge is -2.13. The largest absolute Gasteiger partial charge is 0.306 e. The number of nitrogens with one attached hydrogen (secondary N) is 1. The van der Waals surface area contributed by atoms with Crippen molar-refractivity contribution >= 4 is 0 Å². The Labute approximate surface area is 117 Å². The van der Waals surface area contributed by atoms with E-state index in [2.05, 4.69) is 36.0 Å². The fraction of sp³-hybridized carbons (Fsp3) is 0.800. The van der Waals surface area contributed by atoms with Gasteiger partial charge in [0.15, 0.2) is 0 Å². The molecule has 1 aromatic heterocycles. The van der Waals surface area contributed by atoms with Gasteiger partial charge in [0.1, 0.15) is 0 Å². The van der Waals surface area contributed by atoms with Crippen LogP contribution in [-0.4, -0.2) is 21.1 Å². The summed E-state index contributed by atoms with van der Waals surface area (Å²) in [5, 5.41) is 7.66. The van der Waals surface area contributed by atoms with E-state index in [1.165, 1.54) is 51.4 Å². The predicted molar refractivity (Wildman–Crippen MR) is 80.4 cm³/mol. The van der Waals surface area contributed by atoms with Crippen LogP contribution in [0.1, 0.15) is 71.6 Å². The van der Waals surface area contributed by atoms with Crippen LogP contribution in [0.2, 0.25) is 0 Å². The van der Waals surface area contributed by atoms with Crippen LogP contribution in [0.15, 0.2) is 12.4 Å². The summed E-state index contributed by atoms with van der Waals surface area (Å²) in [6.07, 6.45) is 17.8. The number of nitrogens with zero attached hydrogens (tertiary/aromatic N) is 3. The highest BCUT2D eigenvalue weighted by molar-refractivity contribution is 4.80. The van der Waals surface area contributed by atoms with E-state index < -0.39 is 0 Å². The monoisotopic (exact) mass is 265 g/mol. The van der Waals surface area contributed by atoms with Gasteiger partial charge in [-0.2, -0.15) is 4.79 Å². The van der Waals surface area contributed by atoms with Crippen molar-refractivity contribution in [2.24, 2.45) is 0 Å². The summed E-state index contributed by atoms with van der Waals surface area (Å²) in [6, 6.07) is 0.433. The van der Waals surface area contributed by atoms with Crippen LogP contribution in [0.5, 0.6) is 0 Å². The minimum absolute atomic E-state index is 0.433. The average molecular weight is 265 g/mol. The number of hydrogen-bond donors (Lipinski definition) is 1. The van der Waals surface area contributed by atoms with Crippen molar-refractivity contribution in [1.82, 2.24) is 15.1 Å².